The van der Waals surface area contributed by atoms with Crippen LogP contribution in [0.2, 0.25) is 0 Å². The first-order valence-electron chi connectivity index (χ1n) is 8.14. The van der Waals surface area contributed by atoms with Crippen LogP contribution < -0.4 is 5.32 Å². The van der Waals surface area contributed by atoms with Crippen LogP contribution in [0, 0.1) is 0 Å². The first kappa shape index (κ1) is 18.4. The Morgan fingerprint density at radius 2 is 2.10 bits per heavy atom. The van der Waals surface area contributed by atoms with Gasteiger partial charge in [0.1, 0.15) is 5.54 Å². The van der Waals surface area contributed by atoms with E-state index < -0.39 is 5.54 Å². The summed E-state index contributed by atoms with van der Waals surface area (Å²) in [5.74, 6) is -0.150. The Labute approximate surface area is 129 Å². The lowest BCUT2D eigenvalue weighted by molar-refractivity contribution is -0.151. The van der Waals surface area contributed by atoms with Gasteiger partial charge < -0.3 is 9.47 Å². The van der Waals surface area contributed by atoms with Crippen molar-refractivity contribution in [2.24, 2.45) is 0 Å². The van der Waals surface area contributed by atoms with E-state index in [4.69, 9.17) is 9.47 Å². The van der Waals surface area contributed by atoms with Crippen molar-refractivity contribution in [3.63, 3.8) is 0 Å². The average Bonchev–Trinajstić information content (AvgIpc) is 3.26. The Hall–Kier alpha value is -0.650. The van der Waals surface area contributed by atoms with Gasteiger partial charge in [-0.15, -0.1) is 0 Å². The minimum Gasteiger partial charge on any atom is -0.465 e. The second-order valence-corrected chi connectivity index (χ2v) is 6.19. The highest BCUT2D eigenvalue weighted by Crippen LogP contribution is 2.24. The number of ether oxygens (including phenoxy) is 2. The smallest absolute Gasteiger partial charge is 0.327 e. The van der Waals surface area contributed by atoms with E-state index in [2.05, 4.69) is 24.1 Å². The summed E-state index contributed by atoms with van der Waals surface area (Å²) in [5.41, 5.74) is -0.644. The van der Waals surface area contributed by atoms with E-state index in [9.17, 15) is 4.79 Å². The summed E-state index contributed by atoms with van der Waals surface area (Å²) < 4.78 is 10.5. The average molecular weight is 300 g/mol. The molecule has 5 heteroatoms. The van der Waals surface area contributed by atoms with Crippen molar-refractivity contribution in [1.29, 1.82) is 0 Å². The van der Waals surface area contributed by atoms with Gasteiger partial charge >= 0.3 is 5.97 Å². The highest BCUT2D eigenvalue weighted by atomic mass is 16.5. The van der Waals surface area contributed by atoms with Gasteiger partial charge in [-0.3, -0.25) is 15.0 Å². The summed E-state index contributed by atoms with van der Waals surface area (Å²) in [6.45, 7) is 10.7. The molecule has 21 heavy (non-hydrogen) atoms. The van der Waals surface area contributed by atoms with Crippen LogP contribution in [-0.2, 0) is 14.3 Å². The van der Waals surface area contributed by atoms with Gasteiger partial charge in [-0.2, -0.15) is 0 Å². The number of hydrogen-bond donors (Lipinski definition) is 1. The highest BCUT2D eigenvalue weighted by molar-refractivity contribution is 5.80. The molecule has 0 aromatic rings. The third-order valence-electron chi connectivity index (χ3n) is 4.14. The molecule has 1 fully saturated rings. The van der Waals surface area contributed by atoms with Crippen molar-refractivity contribution in [2.75, 3.05) is 33.4 Å². The molecule has 1 aliphatic rings. The van der Waals surface area contributed by atoms with E-state index in [1.807, 2.05) is 13.8 Å². The predicted molar refractivity (Wildman–Crippen MR) is 84.4 cm³/mol. The molecule has 0 aliphatic heterocycles. The predicted octanol–water partition coefficient (Wildman–Crippen LogP) is 1.81. The molecule has 0 heterocycles. The zero-order chi connectivity index (χ0) is 15.9. The molecule has 0 aromatic heterocycles. The van der Waals surface area contributed by atoms with Gasteiger partial charge in [0.15, 0.2) is 0 Å². The van der Waals surface area contributed by atoms with Crippen molar-refractivity contribution >= 4 is 5.97 Å². The first-order valence-corrected chi connectivity index (χ1v) is 8.14. The van der Waals surface area contributed by atoms with E-state index in [1.165, 1.54) is 0 Å². The van der Waals surface area contributed by atoms with Crippen LogP contribution in [0.1, 0.15) is 47.0 Å². The minimum atomic E-state index is -0.644. The van der Waals surface area contributed by atoms with Crippen molar-refractivity contribution in [3.05, 3.63) is 0 Å². The third-order valence-corrected chi connectivity index (χ3v) is 4.14. The number of hydrogen-bond acceptors (Lipinski definition) is 5. The maximum absolute atomic E-state index is 12.4. The molecular weight excluding hydrogens is 268 g/mol. The molecule has 0 bridgehead atoms. The Balaban J connectivity index is 2.76. The number of rotatable bonds is 11. The maximum atomic E-state index is 12.4. The van der Waals surface area contributed by atoms with Gasteiger partial charge in [0, 0.05) is 32.3 Å². The van der Waals surface area contributed by atoms with E-state index >= 15 is 0 Å². The molecule has 5 nitrogen and oxygen atoms in total. The number of methoxy groups -OCH3 is 1. The molecule has 2 unspecified atom stereocenters. The van der Waals surface area contributed by atoms with Crippen LogP contribution in [0.4, 0.5) is 0 Å². The van der Waals surface area contributed by atoms with Gasteiger partial charge in [-0.25, -0.2) is 0 Å². The molecular formula is C16H32N2O3. The molecule has 1 rings (SSSR count). The quantitative estimate of drug-likeness (QED) is 0.590. The number of nitrogens with zero attached hydrogens (tertiary/aromatic N) is 1. The summed E-state index contributed by atoms with van der Waals surface area (Å²) in [6.07, 6.45) is 3.35. The fraction of sp³-hybridized carbons (Fsp3) is 0.938. The van der Waals surface area contributed by atoms with Gasteiger partial charge in [0.2, 0.25) is 0 Å². The largest absolute Gasteiger partial charge is 0.465 e. The van der Waals surface area contributed by atoms with Crippen LogP contribution in [-0.4, -0.2) is 61.9 Å². The number of carbonyl (C=O) groups excluding carboxylic acids is 1. The van der Waals surface area contributed by atoms with Crippen LogP contribution in [0.5, 0.6) is 0 Å². The van der Waals surface area contributed by atoms with Gasteiger partial charge in [0.25, 0.3) is 0 Å². The molecule has 0 aromatic carbocycles. The topological polar surface area (TPSA) is 50.8 Å². The van der Waals surface area contributed by atoms with Gasteiger partial charge in [-0.05, 0) is 40.0 Å². The summed E-state index contributed by atoms with van der Waals surface area (Å²) >= 11 is 0. The van der Waals surface area contributed by atoms with Crippen LogP contribution in [0.3, 0.4) is 0 Å². The Bertz CT molecular complexity index is 321. The highest BCUT2D eigenvalue weighted by Gasteiger charge is 2.41. The Morgan fingerprint density at radius 3 is 2.57 bits per heavy atom. The number of carbonyl (C=O) groups is 1. The second-order valence-electron chi connectivity index (χ2n) is 6.19. The normalized spacial score (nSPS) is 19.3. The lowest BCUT2D eigenvalue weighted by Crippen LogP contribution is -2.59. The molecule has 124 valence electrons. The van der Waals surface area contributed by atoms with Crippen molar-refractivity contribution in [1.82, 2.24) is 10.2 Å². The minimum absolute atomic E-state index is 0.150. The van der Waals surface area contributed by atoms with Crippen LogP contribution in [0.25, 0.3) is 0 Å². The molecule has 2 atom stereocenters. The fourth-order valence-corrected chi connectivity index (χ4v) is 2.47. The molecule has 1 N–H and O–H groups in total. The van der Waals surface area contributed by atoms with Crippen molar-refractivity contribution < 1.29 is 14.3 Å². The van der Waals surface area contributed by atoms with Crippen molar-refractivity contribution in [2.45, 2.75) is 64.6 Å². The molecule has 0 amide bonds. The SMILES string of the molecule is CCOC(=O)C(C)(CN(CCOC)C(C)CC)NC1CC1. The van der Waals surface area contributed by atoms with Crippen LogP contribution in [0.15, 0.2) is 0 Å². The van der Waals surface area contributed by atoms with E-state index in [1.54, 1.807) is 7.11 Å². The Kier molecular flexibility index (Phi) is 7.63. The third kappa shape index (κ3) is 5.93. The monoisotopic (exact) mass is 300 g/mol. The van der Waals surface area contributed by atoms with E-state index in [0.29, 0.717) is 31.8 Å². The lowest BCUT2D eigenvalue weighted by atomic mass is 10.00. The summed E-state index contributed by atoms with van der Waals surface area (Å²) in [6, 6.07) is 0.871. The molecule has 0 radical (unpaired) electrons. The first-order chi connectivity index (χ1) is 9.96. The molecule has 0 saturated heterocycles. The zero-order valence-corrected chi connectivity index (χ0v) is 14.3. The van der Waals surface area contributed by atoms with Gasteiger partial charge in [-0.1, -0.05) is 6.92 Å². The molecule has 1 saturated carbocycles. The molecule has 1 aliphatic carbocycles. The summed E-state index contributed by atoms with van der Waals surface area (Å²) in [4.78, 5) is 14.7. The van der Waals surface area contributed by atoms with Crippen molar-refractivity contribution in [3.8, 4) is 0 Å². The zero-order valence-electron chi connectivity index (χ0n) is 14.3. The summed E-state index contributed by atoms with van der Waals surface area (Å²) in [5, 5.41) is 3.48. The van der Waals surface area contributed by atoms with Crippen LogP contribution >= 0.6 is 0 Å². The number of nitrogens with one attached hydrogen (secondary N) is 1. The van der Waals surface area contributed by atoms with E-state index in [0.717, 1.165) is 25.8 Å². The second kappa shape index (κ2) is 8.71. The van der Waals surface area contributed by atoms with Gasteiger partial charge in [0.05, 0.1) is 13.2 Å². The fourth-order valence-electron chi connectivity index (χ4n) is 2.47. The Morgan fingerprint density at radius 1 is 1.43 bits per heavy atom. The number of esters is 1. The maximum Gasteiger partial charge on any atom is 0.327 e. The summed E-state index contributed by atoms with van der Waals surface area (Å²) in [7, 11) is 1.71. The lowest BCUT2D eigenvalue weighted by Gasteiger charge is -2.37. The molecule has 0 spiro atoms. The van der Waals surface area contributed by atoms with E-state index in [-0.39, 0.29) is 5.97 Å². The standard InChI is InChI=1S/C16H32N2O3/c1-6-13(3)18(10-11-20-5)12-16(4,15(19)21-7-2)17-14-8-9-14/h13-14,17H,6-12H2,1-5H3.